The summed E-state index contributed by atoms with van der Waals surface area (Å²) in [5, 5.41) is 3.31. The first-order valence-electron chi connectivity index (χ1n) is 6.17. The van der Waals surface area contributed by atoms with E-state index in [-0.39, 0.29) is 6.10 Å². The zero-order valence-electron chi connectivity index (χ0n) is 11.2. The maximum atomic E-state index is 5.69. The molecule has 1 aromatic heterocycles. The number of ether oxygens (including phenoxy) is 1. The smallest absolute Gasteiger partial charge is 0.168 e. The van der Waals surface area contributed by atoms with E-state index in [1.807, 2.05) is 26.0 Å². The van der Waals surface area contributed by atoms with Gasteiger partial charge in [-0.05, 0) is 39.6 Å². The van der Waals surface area contributed by atoms with Gasteiger partial charge in [0.25, 0.3) is 0 Å². The lowest BCUT2D eigenvalue weighted by molar-refractivity contribution is 0.243. The lowest BCUT2D eigenvalue weighted by Crippen LogP contribution is -2.25. The Labute approximate surface area is 104 Å². The van der Waals surface area contributed by atoms with Crippen molar-refractivity contribution in [3.8, 4) is 5.75 Å². The van der Waals surface area contributed by atoms with Gasteiger partial charge < -0.3 is 15.0 Å². The molecule has 0 atom stereocenters. The minimum atomic E-state index is 0.165. The Balaban J connectivity index is 2.51. The van der Waals surface area contributed by atoms with E-state index >= 15 is 0 Å². The molecule has 0 bridgehead atoms. The average molecular weight is 237 g/mol. The lowest BCUT2D eigenvalue weighted by Gasteiger charge is -2.17. The Morgan fingerprint density at radius 1 is 1.47 bits per heavy atom. The Kier molecular flexibility index (Phi) is 5.77. The Morgan fingerprint density at radius 2 is 2.24 bits per heavy atom. The van der Waals surface area contributed by atoms with Crippen LogP contribution in [0, 0.1) is 0 Å². The van der Waals surface area contributed by atoms with Gasteiger partial charge in [0.2, 0.25) is 0 Å². The van der Waals surface area contributed by atoms with Crippen LogP contribution in [0.4, 0.5) is 5.82 Å². The van der Waals surface area contributed by atoms with E-state index in [1.54, 1.807) is 6.20 Å². The highest BCUT2D eigenvalue weighted by Crippen LogP contribution is 2.21. The maximum Gasteiger partial charge on any atom is 0.168 e. The SMILES string of the molecule is CCN(C)CCNc1ncccc1OC(C)C. The maximum absolute atomic E-state index is 5.69. The summed E-state index contributed by atoms with van der Waals surface area (Å²) in [5.41, 5.74) is 0. The molecular weight excluding hydrogens is 214 g/mol. The summed E-state index contributed by atoms with van der Waals surface area (Å²) in [4.78, 5) is 6.55. The molecule has 96 valence electrons. The molecule has 1 heterocycles. The van der Waals surface area contributed by atoms with Gasteiger partial charge in [-0.1, -0.05) is 6.92 Å². The van der Waals surface area contributed by atoms with E-state index in [2.05, 4.69) is 29.2 Å². The van der Waals surface area contributed by atoms with E-state index < -0.39 is 0 Å². The van der Waals surface area contributed by atoms with Crippen LogP contribution in [0.2, 0.25) is 0 Å². The number of likely N-dealkylation sites (N-methyl/N-ethyl adjacent to an activating group) is 1. The van der Waals surface area contributed by atoms with Crippen molar-refractivity contribution in [2.45, 2.75) is 26.9 Å². The molecule has 0 amide bonds. The highest BCUT2D eigenvalue weighted by atomic mass is 16.5. The first-order chi connectivity index (χ1) is 8.13. The van der Waals surface area contributed by atoms with Gasteiger partial charge in [0.15, 0.2) is 11.6 Å². The first kappa shape index (κ1) is 13.8. The summed E-state index contributed by atoms with van der Waals surface area (Å²) in [6.07, 6.45) is 1.94. The first-order valence-corrected chi connectivity index (χ1v) is 6.17. The minimum absolute atomic E-state index is 0.165. The lowest BCUT2D eigenvalue weighted by atomic mass is 10.4. The van der Waals surface area contributed by atoms with Gasteiger partial charge in [-0.2, -0.15) is 0 Å². The molecule has 17 heavy (non-hydrogen) atoms. The van der Waals surface area contributed by atoms with Crippen molar-refractivity contribution >= 4 is 5.82 Å². The third-order valence-electron chi connectivity index (χ3n) is 2.46. The summed E-state index contributed by atoms with van der Waals surface area (Å²) < 4.78 is 5.69. The average Bonchev–Trinajstić information content (AvgIpc) is 2.30. The molecule has 1 rings (SSSR count). The molecule has 0 spiro atoms. The predicted molar refractivity (Wildman–Crippen MR) is 71.7 cm³/mol. The molecule has 0 unspecified atom stereocenters. The molecule has 4 nitrogen and oxygen atoms in total. The van der Waals surface area contributed by atoms with Crippen molar-refractivity contribution in [1.82, 2.24) is 9.88 Å². The zero-order chi connectivity index (χ0) is 12.7. The van der Waals surface area contributed by atoms with Crippen LogP contribution in [0.3, 0.4) is 0 Å². The van der Waals surface area contributed by atoms with E-state index in [0.29, 0.717) is 0 Å². The van der Waals surface area contributed by atoms with Crippen LogP contribution < -0.4 is 10.1 Å². The van der Waals surface area contributed by atoms with Gasteiger partial charge in [0.1, 0.15) is 0 Å². The second-order valence-electron chi connectivity index (χ2n) is 4.34. The largest absolute Gasteiger partial charge is 0.487 e. The molecule has 0 fully saturated rings. The summed E-state index contributed by atoms with van der Waals surface area (Å²) in [7, 11) is 2.10. The third kappa shape index (κ3) is 5.04. The standard InChI is InChI=1S/C13H23N3O/c1-5-16(4)10-9-15-13-12(17-11(2)3)7-6-8-14-13/h6-8,11H,5,9-10H2,1-4H3,(H,14,15). The molecule has 1 aromatic rings. The minimum Gasteiger partial charge on any atom is -0.487 e. The van der Waals surface area contributed by atoms with Crippen molar-refractivity contribution in [1.29, 1.82) is 0 Å². The molecular formula is C13H23N3O. The van der Waals surface area contributed by atoms with E-state index in [9.17, 15) is 0 Å². The van der Waals surface area contributed by atoms with Gasteiger partial charge in [-0.25, -0.2) is 4.98 Å². The summed E-state index contributed by atoms with van der Waals surface area (Å²) in [5.74, 6) is 1.65. The second-order valence-corrected chi connectivity index (χ2v) is 4.34. The van der Waals surface area contributed by atoms with Gasteiger partial charge in [0.05, 0.1) is 6.10 Å². The molecule has 0 saturated carbocycles. The number of aromatic nitrogens is 1. The zero-order valence-corrected chi connectivity index (χ0v) is 11.2. The van der Waals surface area contributed by atoms with Crippen molar-refractivity contribution in [2.24, 2.45) is 0 Å². The fourth-order valence-corrected chi connectivity index (χ4v) is 1.40. The van der Waals surface area contributed by atoms with E-state index in [1.165, 1.54) is 0 Å². The van der Waals surface area contributed by atoms with Gasteiger partial charge in [-0.3, -0.25) is 0 Å². The van der Waals surface area contributed by atoms with Gasteiger partial charge in [0, 0.05) is 19.3 Å². The number of pyridine rings is 1. The van der Waals surface area contributed by atoms with Gasteiger partial charge in [-0.15, -0.1) is 0 Å². The Hall–Kier alpha value is -1.29. The fraction of sp³-hybridized carbons (Fsp3) is 0.615. The van der Waals surface area contributed by atoms with E-state index in [0.717, 1.165) is 31.2 Å². The number of hydrogen-bond donors (Lipinski definition) is 1. The highest BCUT2D eigenvalue weighted by molar-refractivity contribution is 5.49. The fourth-order valence-electron chi connectivity index (χ4n) is 1.40. The van der Waals surface area contributed by atoms with E-state index in [4.69, 9.17) is 4.74 Å². The van der Waals surface area contributed by atoms with Crippen molar-refractivity contribution < 1.29 is 4.74 Å². The Morgan fingerprint density at radius 3 is 2.88 bits per heavy atom. The monoisotopic (exact) mass is 237 g/mol. The number of anilines is 1. The highest BCUT2D eigenvalue weighted by Gasteiger charge is 2.05. The number of nitrogens with one attached hydrogen (secondary N) is 1. The summed E-state index contributed by atoms with van der Waals surface area (Å²) in [6, 6.07) is 3.83. The van der Waals surface area contributed by atoms with Crippen LogP contribution in [-0.4, -0.2) is 42.7 Å². The number of nitrogens with zero attached hydrogens (tertiary/aromatic N) is 2. The summed E-state index contributed by atoms with van der Waals surface area (Å²) in [6.45, 7) is 9.10. The predicted octanol–water partition coefficient (Wildman–Crippen LogP) is 2.23. The van der Waals surface area contributed by atoms with Crippen molar-refractivity contribution in [2.75, 3.05) is 32.0 Å². The molecule has 0 aliphatic carbocycles. The molecule has 4 heteroatoms. The van der Waals surface area contributed by atoms with Crippen LogP contribution in [0.1, 0.15) is 20.8 Å². The van der Waals surface area contributed by atoms with Crippen LogP contribution in [0.15, 0.2) is 18.3 Å². The quantitative estimate of drug-likeness (QED) is 0.789. The van der Waals surface area contributed by atoms with Crippen LogP contribution in [-0.2, 0) is 0 Å². The summed E-state index contributed by atoms with van der Waals surface area (Å²) >= 11 is 0. The molecule has 0 saturated heterocycles. The van der Waals surface area contributed by atoms with Crippen molar-refractivity contribution in [3.63, 3.8) is 0 Å². The molecule has 0 radical (unpaired) electrons. The molecule has 0 aliphatic heterocycles. The van der Waals surface area contributed by atoms with Gasteiger partial charge >= 0.3 is 0 Å². The van der Waals surface area contributed by atoms with Crippen LogP contribution in [0.5, 0.6) is 5.75 Å². The topological polar surface area (TPSA) is 37.4 Å². The number of rotatable bonds is 7. The van der Waals surface area contributed by atoms with Crippen LogP contribution >= 0.6 is 0 Å². The Bertz CT molecular complexity index is 328. The van der Waals surface area contributed by atoms with Crippen molar-refractivity contribution in [3.05, 3.63) is 18.3 Å². The number of hydrogen-bond acceptors (Lipinski definition) is 4. The second kappa shape index (κ2) is 7.12. The molecule has 1 N–H and O–H groups in total. The normalized spacial score (nSPS) is 10.9. The molecule has 0 aliphatic rings. The third-order valence-corrected chi connectivity index (χ3v) is 2.46. The van der Waals surface area contributed by atoms with Crippen LogP contribution in [0.25, 0.3) is 0 Å². The molecule has 0 aromatic carbocycles.